The van der Waals surface area contributed by atoms with Crippen molar-refractivity contribution in [1.29, 1.82) is 0 Å². The Labute approximate surface area is 113 Å². The highest BCUT2D eigenvalue weighted by Crippen LogP contribution is 2.17. The maximum atomic E-state index is 12.1. The van der Waals surface area contributed by atoms with Gasteiger partial charge in [-0.3, -0.25) is 4.79 Å². The molecule has 1 unspecified atom stereocenters. The van der Waals surface area contributed by atoms with E-state index in [-0.39, 0.29) is 12.5 Å². The lowest BCUT2D eigenvalue weighted by atomic mass is 10.2. The molecule has 0 aromatic heterocycles. The van der Waals surface area contributed by atoms with Crippen molar-refractivity contribution in [2.24, 2.45) is 5.73 Å². The highest BCUT2D eigenvalue weighted by molar-refractivity contribution is 6.31. The van der Waals surface area contributed by atoms with Gasteiger partial charge in [0.05, 0.1) is 0 Å². The number of rotatable bonds is 6. The first kappa shape index (κ1) is 15.0. The molecule has 5 heteroatoms. The van der Waals surface area contributed by atoms with Crippen LogP contribution in [0.1, 0.15) is 12.5 Å². The zero-order chi connectivity index (χ0) is 13.5. The van der Waals surface area contributed by atoms with E-state index in [0.717, 1.165) is 5.56 Å². The number of halogens is 1. The van der Waals surface area contributed by atoms with Gasteiger partial charge in [0.2, 0.25) is 0 Å². The first-order valence-electron chi connectivity index (χ1n) is 5.89. The summed E-state index contributed by atoms with van der Waals surface area (Å²) in [5.41, 5.74) is 6.42. The zero-order valence-electron chi connectivity index (χ0n) is 10.7. The second-order valence-electron chi connectivity index (χ2n) is 3.90. The summed E-state index contributed by atoms with van der Waals surface area (Å²) < 4.78 is 5.06. The molecule has 2 N–H and O–H groups in total. The number of benzene rings is 1. The van der Waals surface area contributed by atoms with Crippen molar-refractivity contribution in [3.8, 4) is 0 Å². The van der Waals surface area contributed by atoms with Crippen LogP contribution in [0.4, 0.5) is 0 Å². The van der Waals surface area contributed by atoms with E-state index in [0.29, 0.717) is 18.1 Å². The van der Waals surface area contributed by atoms with Crippen molar-refractivity contribution in [2.45, 2.75) is 19.6 Å². The SMILES string of the molecule is CCN(Cc1ccccc1Cl)C(=O)C(CN)OC. The minimum atomic E-state index is -0.590. The van der Waals surface area contributed by atoms with Crippen molar-refractivity contribution in [3.05, 3.63) is 34.9 Å². The van der Waals surface area contributed by atoms with Crippen molar-refractivity contribution in [2.75, 3.05) is 20.2 Å². The molecule has 1 amide bonds. The van der Waals surface area contributed by atoms with Gasteiger partial charge in [0.15, 0.2) is 0 Å². The molecule has 0 bridgehead atoms. The average molecular weight is 271 g/mol. The number of methoxy groups -OCH3 is 1. The Kier molecular flexibility index (Phi) is 6.12. The average Bonchev–Trinajstić information content (AvgIpc) is 2.39. The summed E-state index contributed by atoms with van der Waals surface area (Å²) >= 11 is 6.08. The van der Waals surface area contributed by atoms with Crippen LogP contribution in [0.3, 0.4) is 0 Å². The number of hydrogen-bond donors (Lipinski definition) is 1. The van der Waals surface area contributed by atoms with Crippen molar-refractivity contribution in [1.82, 2.24) is 4.90 Å². The summed E-state index contributed by atoms with van der Waals surface area (Å²) in [7, 11) is 1.48. The standard InChI is InChI=1S/C13H19ClN2O2/c1-3-16(13(17)12(8-15)18-2)9-10-6-4-5-7-11(10)14/h4-7,12H,3,8-9,15H2,1-2H3. The third kappa shape index (κ3) is 3.70. The number of nitrogens with zero attached hydrogens (tertiary/aromatic N) is 1. The van der Waals surface area contributed by atoms with Crippen LogP contribution < -0.4 is 5.73 Å². The van der Waals surface area contributed by atoms with Crippen molar-refractivity contribution < 1.29 is 9.53 Å². The summed E-state index contributed by atoms with van der Waals surface area (Å²) in [6.45, 7) is 3.14. The van der Waals surface area contributed by atoms with Crippen LogP contribution in [0.5, 0.6) is 0 Å². The number of likely N-dealkylation sites (N-methyl/N-ethyl adjacent to an activating group) is 1. The number of carbonyl (C=O) groups is 1. The molecule has 0 aliphatic carbocycles. The molecule has 0 radical (unpaired) electrons. The quantitative estimate of drug-likeness (QED) is 0.855. The molecule has 100 valence electrons. The molecule has 4 nitrogen and oxygen atoms in total. The Morgan fingerprint density at radius 2 is 2.17 bits per heavy atom. The Hall–Kier alpha value is -1.10. The molecule has 0 spiro atoms. The third-order valence-corrected chi connectivity index (χ3v) is 3.16. The topological polar surface area (TPSA) is 55.6 Å². The van der Waals surface area contributed by atoms with E-state index in [1.165, 1.54) is 7.11 Å². The fourth-order valence-electron chi connectivity index (χ4n) is 1.68. The Bertz CT molecular complexity index is 394. The molecular weight excluding hydrogens is 252 g/mol. The molecular formula is C13H19ClN2O2. The summed E-state index contributed by atoms with van der Waals surface area (Å²) in [5.74, 6) is -0.109. The van der Waals surface area contributed by atoms with Gasteiger partial charge < -0.3 is 15.4 Å². The normalized spacial score (nSPS) is 12.2. The maximum Gasteiger partial charge on any atom is 0.253 e. The summed E-state index contributed by atoms with van der Waals surface area (Å²) in [6, 6.07) is 7.48. The zero-order valence-corrected chi connectivity index (χ0v) is 11.5. The van der Waals surface area contributed by atoms with Gasteiger partial charge in [0.25, 0.3) is 5.91 Å². The van der Waals surface area contributed by atoms with Crippen molar-refractivity contribution >= 4 is 17.5 Å². The molecule has 0 saturated heterocycles. The van der Waals surface area contributed by atoms with Gasteiger partial charge in [0, 0.05) is 31.8 Å². The molecule has 1 rings (SSSR count). The predicted molar refractivity (Wildman–Crippen MR) is 72.4 cm³/mol. The number of ether oxygens (including phenoxy) is 1. The Morgan fingerprint density at radius 1 is 1.50 bits per heavy atom. The van der Waals surface area contributed by atoms with Gasteiger partial charge in [-0.1, -0.05) is 29.8 Å². The largest absolute Gasteiger partial charge is 0.370 e. The van der Waals surface area contributed by atoms with Gasteiger partial charge in [0.1, 0.15) is 6.10 Å². The van der Waals surface area contributed by atoms with Gasteiger partial charge in [-0.2, -0.15) is 0 Å². The maximum absolute atomic E-state index is 12.1. The fraction of sp³-hybridized carbons (Fsp3) is 0.462. The molecule has 0 fully saturated rings. The number of amides is 1. The van der Waals surface area contributed by atoms with Crippen LogP contribution >= 0.6 is 11.6 Å². The molecule has 0 heterocycles. The third-order valence-electron chi connectivity index (χ3n) is 2.79. The van der Waals surface area contributed by atoms with Crippen LogP contribution in [0.15, 0.2) is 24.3 Å². The van der Waals surface area contributed by atoms with Crippen LogP contribution in [0.2, 0.25) is 5.02 Å². The van der Waals surface area contributed by atoms with E-state index >= 15 is 0 Å². The van der Waals surface area contributed by atoms with Gasteiger partial charge >= 0.3 is 0 Å². The second kappa shape index (κ2) is 7.36. The van der Waals surface area contributed by atoms with Crippen LogP contribution in [-0.2, 0) is 16.1 Å². The van der Waals surface area contributed by atoms with E-state index in [4.69, 9.17) is 22.1 Å². The lowest BCUT2D eigenvalue weighted by Crippen LogP contribution is -2.43. The summed E-state index contributed by atoms with van der Waals surface area (Å²) in [6.07, 6.45) is -0.590. The first-order chi connectivity index (χ1) is 8.63. The van der Waals surface area contributed by atoms with E-state index < -0.39 is 6.10 Å². The minimum Gasteiger partial charge on any atom is -0.370 e. The molecule has 0 saturated carbocycles. The number of hydrogen-bond acceptors (Lipinski definition) is 3. The highest BCUT2D eigenvalue weighted by atomic mass is 35.5. The van der Waals surface area contributed by atoms with Crippen LogP contribution in [0, 0.1) is 0 Å². The number of carbonyl (C=O) groups excluding carboxylic acids is 1. The van der Waals surface area contributed by atoms with E-state index in [1.807, 2.05) is 31.2 Å². The Balaban J connectivity index is 2.79. The van der Waals surface area contributed by atoms with Gasteiger partial charge in [-0.25, -0.2) is 0 Å². The van der Waals surface area contributed by atoms with E-state index in [2.05, 4.69) is 0 Å². The Morgan fingerprint density at radius 3 is 2.67 bits per heavy atom. The van der Waals surface area contributed by atoms with E-state index in [9.17, 15) is 4.79 Å². The molecule has 18 heavy (non-hydrogen) atoms. The van der Waals surface area contributed by atoms with Crippen molar-refractivity contribution in [3.63, 3.8) is 0 Å². The minimum absolute atomic E-state index is 0.109. The fourth-order valence-corrected chi connectivity index (χ4v) is 1.87. The monoisotopic (exact) mass is 270 g/mol. The molecule has 1 atom stereocenters. The smallest absolute Gasteiger partial charge is 0.253 e. The predicted octanol–water partition coefficient (Wildman–Crippen LogP) is 1.66. The first-order valence-corrected chi connectivity index (χ1v) is 6.26. The lowest BCUT2D eigenvalue weighted by Gasteiger charge is -2.25. The van der Waals surface area contributed by atoms with Gasteiger partial charge in [-0.15, -0.1) is 0 Å². The molecule has 1 aromatic rings. The second-order valence-corrected chi connectivity index (χ2v) is 4.31. The van der Waals surface area contributed by atoms with Gasteiger partial charge in [-0.05, 0) is 18.6 Å². The summed E-state index contributed by atoms with van der Waals surface area (Å²) in [4.78, 5) is 13.8. The lowest BCUT2D eigenvalue weighted by molar-refractivity contribution is -0.141. The van der Waals surface area contributed by atoms with Crippen LogP contribution in [0.25, 0.3) is 0 Å². The highest BCUT2D eigenvalue weighted by Gasteiger charge is 2.22. The van der Waals surface area contributed by atoms with E-state index in [1.54, 1.807) is 4.90 Å². The molecule has 1 aromatic carbocycles. The summed E-state index contributed by atoms with van der Waals surface area (Å²) in [5, 5.41) is 0.658. The van der Waals surface area contributed by atoms with Crippen LogP contribution in [-0.4, -0.2) is 37.1 Å². The molecule has 0 aliphatic rings. The molecule has 0 aliphatic heterocycles. The number of nitrogens with two attached hydrogens (primary N) is 1.